The molecule has 0 aliphatic carbocycles. The van der Waals surface area contributed by atoms with Gasteiger partial charge >= 0.3 is 0 Å². The minimum Gasteiger partial charge on any atom is -0.290 e. The summed E-state index contributed by atoms with van der Waals surface area (Å²) in [5, 5.41) is 0.685. The maximum Gasteiger partial charge on any atom is 0.267 e. The quantitative estimate of drug-likeness (QED) is 0.427. The number of benzene rings is 2. The van der Waals surface area contributed by atoms with Crippen LogP contribution in [-0.4, -0.2) is 16.4 Å². The van der Waals surface area contributed by atoms with Crippen LogP contribution in [0.25, 0.3) is 10.9 Å². The van der Waals surface area contributed by atoms with Crippen molar-refractivity contribution in [3.05, 3.63) is 71.9 Å². The van der Waals surface area contributed by atoms with Crippen molar-refractivity contribution in [1.29, 1.82) is 0 Å². The fraction of sp³-hybridized carbons (Fsp3) is 0. The van der Waals surface area contributed by atoms with Crippen molar-refractivity contribution in [2.45, 2.75) is 0 Å². The summed E-state index contributed by atoms with van der Waals surface area (Å²) in [7, 11) is 0. The lowest BCUT2D eigenvalue weighted by Gasteiger charge is -2.03. The number of nitrogens with zero attached hydrogens (tertiary/aromatic N) is 1. The number of hydrogen-bond donors (Lipinski definition) is 2. The van der Waals surface area contributed by atoms with Crippen LogP contribution in [0.3, 0.4) is 0 Å². The van der Waals surface area contributed by atoms with Gasteiger partial charge < -0.3 is 0 Å². The summed E-state index contributed by atoms with van der Waals surface area (Å²) in [6.07, 6.45) is 1.52. The van der Waals surface area contributed by atoms with E-state index in [1.54, 1.807) is 36.4 Å². The molecule has 1 aromatic heterocycles. The summed E-state index contributed by atoms with van der Waals surface area (Å²) in [6, 6.07) is 16.1. The highest BCUT2D eigenvalue weighted by molar-refractivity contribution is 6.11. The normalized spacial score (nSPS) is 10.5. The van der Waals surface area contributed by atoms with Crippen LogP contribution in [0.4, 0.5) is 0 Å². The zero-order chi connectivity index (χ0) is 14.8. The summed E-state index contributed by atoms with van der Waals surface area (Å²) < 4.78 is 1.47. The lowest BCUT2D eigenvalue weighted by atomic mass is 10.1. The van der Waals surface area contributed by atoms with Crippen molar-refractivity contribution >= 4 is 22.7 Å². The number of aromatic nitrogens is 1. The van der Waals surface area contributed by atoms with E-state index >= 15 is 0 Å². The second-order valence-corrected chi connectivity index (χ2v) is 4.57. The Kier molecular flexibility index (Phi) is 3.25. The molecule has 3 aromatic rings. The molecule has 5 nitrogen and oxygen atoms in total. The van der Waals surface area contributed by atoms with E-state index in [0.29, 0.717) is 22.0 Å². The van der Waals surface area contributed by atoms with E-state index in [2.05, 4.69) is 5.43 Å². The molecule has 0 saturated carbocycles. The third kappa shape index (κ3) is 2.19. The van der Waals surface area contributed by atoms with Crippen molar-refractivity contribution in [3.63, 3.8) is 0 Å². The number of para-hydroxylation sites is 1. The number of carbonyl (C=O) groups excluding carboxylic acids is 2. The van der Waals surface area contributed by atoms with Gasteiger partial charge in [-0.05, 0) is 18.2 Å². The van der Waals surface area contributed by atoms with E-state index in [4.69, 9.17) is 5.84 Å². The summed E-state index contributed by atoms with van der Waals surface area (Å²) in [6.45, 7) is 0. The molecular formula is C16H13N3O2. The van der Waals surface area contributed by atoms with Crippen LogP contribution in [0.2, 0.25) is 0 Å². The Morgan fingerprint density at radius 1 is 0.952 bits per heavy atom. The monoisotopic (exact) mass is 279 g/mol. The molecule has 0 bridgehead atoms. The molecule has 1 amide bonds. The smallest absolute Gasteiger partial charge is 0.267 e. The standard InChI is InChI=1S/C16H13N3O2/c17-18-15(20)13-10-19(14-9-5-4-8-12(13)14)16(21)11-6-2-1-3-7-11/h1-10H,17H2,(H,18,20). The van der Waals surface area contributed by atoms with Gasteiger partial charge in [-0.1, -0.05) is 36.4 Å². The largest absolute Gasteiger partial charge is 0.290 e. The second kappa shape index (κ2) is 5.22. The number of rotatable bonds is 2. The second-order valence-electron chi connectivity index (χ2n) is 4.57. The summed E-state index contributed by atoms with van der Waals surface area (Å²) >= 11 is 0. The highest BCUT2D eigenvalue weighted by atomic mass is 16.2. The minimum absolute atomic E-state index is 0.192. The predicted octanol–water partition coefficient (Wildman–Crippen LogP) is 1.93. The number of hydrazine groups is 1. The molecule has 0 spiro atoms. The molecule has 1 heterocycles. The van der Waals surface area contributed by atoms with E-state index in [0.717, 1.165) is 0 Å². The van der Waals surface area contributed by atoms with Gasteiger partial charge in [0.2, 0.25) is 0 Å². The third-order valence-corrected chi connectivity index (χ3v) is 3.33. The summed E-state index contributed by atoms with van der Waals surface area (Å²) in [4.78, 5) is 24.4. The maximum atomic E-state index is 12.6. The van der Waals surface area contributed by atoms with Crippen molar-refractivity contribution in [2.24, 2.45) is 5.84 Å². The predicted molar refractivity (Wildman–Crippen MR) is 79.8 cm³/mol. The van der Waals surface area contributed by atoms with Crippen molar-refractivity contribution in [1.82, 2.24) is 9.99 Å². The van der Waals surface area contributed by atoms with E-state index in [1.165, 1.54) is 10.8 Å². The Labute approximate surface area is 121 Å². The molecule has 104 valence electrons. The first-order valence-electron chi connectivity index (χ1n) is 6.43. The van der Waals surface area contributed by atoms with E-state index in [1.807, 2.05) is 18.2 Å². The zero-order valence-electron chi connectivity index (χ0n) is 11.1. The van der Waals surface area contributed by atoms with Gasteiger partial charge in [-0.15, -0.1) is 0 Å². The van der Waals surface area contributed by atoms with Crippen LogP contribution in [0, 0.1) is 0 Å². The van der Waals surface area contributed by atoms with Crippen LogP contribution < -0.4 is 11.3 Å². The highest BCUT2D eigenvalue weighted by Gasteiger charge is 2.18. The average Bonchev–Trinajstić information content (AvgIpc) is 2.94. The number of nitrogen functional groups attached to an aromatic ring is 1. The summed E-state index contributed by atoms with van der Waals surface area (Å²) in [5.41, 5.74) is 3.70. The SMILES string of the molecule is NNC(=O)c1cn(C(=O)c2ccccc2)c2ccccc12. The Morgan fingerprint density at radius 3 is 2.33 bits per heavy atom. The highest BCUT2D eigenvalue weighted by Crippen LogP contribution is 2.22. The molecule has 3 N–H and O–H groups in total. The molecule has 0 aliphatic heterocycles. The number of carbonyl (C=O) groups is 2. The zero-order valence-corrected chi connectivity index (χ0v) is 11.1. The van der Waals surface area contributed by atoms with E-state index < -0.39 is 5.91 Å². The molecule has 0 radical (unpaired) electrons. The lowest BCUT2D eigenvalue weighted by Crippen LogP contribution is -2.29. The molecule has 3 rings (SSSR count). The number of fused-ring (bicyclic) bond motifs is 1. The number of amides is 1. The van der Waals surface area contributed by atoms with Crippen molar-refractivity contribution in [3.8, 4) is 0 Å². The number of nitrogens with one attached hydrogen (secondary N) is 1. The fourth-order valence-corrected chi connectivity index (χ4v) is 2.33. The molecular weight excluding hydrogens is 266 g/mol. The first-order chi connectivity index (χ1) is 10.2. The molecule has 0 saturated heterocycles. The van der Waals surface area contributed by atoms with E-state index in [9.17, 15) is 9.59 Å². The first-order valence-corrected chi connectivity index (χ1v) is 6.43. The Balaban J connectivity index is 2.20. The van der Waals surface area contributed by atoms with Crippen LogP contribution in [0.1, 0.15) is 20.7 Å². The Bertz CT molecular complexity index is 822. The van der Waals surface area contributed by atoms with Gasteiger partial charge in [0.05, 0.1) is 11.1 Å². The van der Waals surface area contributed by atoms with Crippen molar-refractivity contribution in [2.75, 3.05) is 0 Å². The van der Waals surface area contributed by atoms with Crippen LogP contribution in [0.5, 0.6) is 0 Å². The molecule has 2 aromatic carbocycles. The third-order valence-electron chi connectivity index (χ3n) is 3.33. The van der Waals surface area contributed by atoms with Crippen LogP contribution in [-0.2, 0) is 0 Å². The van der Waals surface area contributed by atoms with Gasteiger partial charge in [0, 0.05) is 17.1 Å². The maximum absolute atomic E-state index is 12.6. The molecule has 21 heavy (non-hydrogen) atoms. The van der Waals surface area contributed by atoms with Gasteiger partial charge in [0.15, 0.2) is 0 Å². The molecule has 0 fully saturated rings. The average molecular weight is 279 g/mol. The molecule has 0 atom stereocenters. The Morgan fingerprint density at radius 2 is 1.62 bits per heavy atom. The summed E-state index contributed by atoms with van der Waals surface area (Å²) in [5.74, 6) is 4.58. The van der Waals surface area contributed by atoms with Gasteiger partial charge in [-0.25, -0.2) is 5.84 Å². The lowest BCUT2D eigenvalue weighted by molar-refractivity contribution is 0.0955. The van der Waals surface area contributed by atoms with Crippen molar-refractivity contribution < 1.29 is 9.59 Å². The van der Waals surface area contributed by atoms with Crippen LogP contribution in [0.15, 0.2) is 60.8 Å². The van der Waals surface area contributed by atoms with Crippen LogP contribution >= 0.6 is 0 Å². The number of hydrogen-bond acceptors (Lipinski definition) is 3. The van der Waals surface area contributed by atoms with E-state index in [-0.39, 0.29) is 5.91 Å². The van der Waals surface area contributed by atoms with Gasteiger partial charge in [0.1, 0.15) is 0 Å². The molecule has 0 unspecified atom stereocenters. The van der Waals surface area contributed by atoms with Gasteiger partial charge in [0.25, 0.3) is 11.8 Å². The molecule has 5 heteroatoms. The van der Waals surface area contributed by atoms with Gasteiger partial charge in [-0.2, -0.15) is 0 Å². The molecule has 0 aliphatic rings. The number of nitrogens with two attached hydrogens (primary N) is 1. The minimum atomic E-state index is -0.425. The topological polar surface area (TPSA) is 77.1 Å². The van der Waals surface area contributed by atoms with Gasteiger partial charge in [-0.3, -0.25) is 19.6 Å². The first kappa shape index (κ1) is 13.1. The fourth-order valence-electron chi connectivity index (χ4n) is 2.33. The Hall–Kier alpha value is -2.92.